The number of alkyl halides is 3. The second-order valence-electron chi connectivity index (χ2n) is 6.10. The predicted molar refractivity (Wildman–Crippen MR) is 96.6 cm³/mol. The van der Waals surface area contributed by atoms with E-state index in [2.05, 4.69) is 4.74 Å². The van der Waals surface area contributed by atoms with Crippen LogP contribution in [0, 0.1) is 0 Å². The molecule has 0 saturated heterocycles. The van der Waals surface area contributed by atoms with Crippen LogP contribution in [-0.2, 0) is 4.79 Å². The fourth-order valence-electron chi connectivity index (χ4n) is 2.58. The maximum absolute atomic E-state index is 12.9. The maximum Gasteiger partial charge on any atom is 0.573 e. The number of aliphatic hydroxyl groups excluding tert-OH is 1. The molecule has 30 heavy (non-hydrogen) atoms. The monoisotopic (exact) mass is 428 g/mol. The highest BCUT2D eigenvalue weighted by Gasteiger charge is 2.35. The fraction of sp³-hybridized carbons (Fsp3) is 0.263. The van der Waals surface area contributed by atoms with Gasteiger partial charge in [0.15, 0.2) is 6.73 Å². The first kappa shape index (κ1) is 23.0. The number of hydrogen-bond acceptors (Lipinski definition) is 6. The summed E-state index contributed by atoms with van der Waals surface area (Å²) in [5.74, 6) is -2.12. The third-order valence-electron chi connectivity index (χ3n) is 3.88. The molecule has 0 spiro atoms. The molecule has 0 aliphatic rings. The second kappa shape index (κ2) is 9.94. The number of ether oxygens (including phenoxy) is 2. The van der Waals surface area contributed by atoms with Crippen molar-refractivity contribution in [1.29, 1.82) is 0 Å². The lowest BCUT2D eigenvalue weighted by atomic mass is 10.1. The smallest absolute Gasteiger partial charge is 0.473 e. The number of carbonyl (C=O) groups excluding carboxylic acids is 2. The quantitative estimate of drug-likeness (QED) is 0.338. The minimum Gasteiger partial charge on any atom is -0.473 e. The SMILES string of the molecule is C[C@@H](O)[C@@H](C(=O)NO)N(COc1ccc(OC(F)(F)F)cc1)C(=O)c1ccccc1. The first-order valence-corrected chi connectivity index (χ1v) is 8.59. The molecular formula is C19H19F3N2O6. The number of hydrogen-bond donors (Lipinski definition) is 3. The molecule has 0 aliphatic carbocycles. The van der Waals surface area contributed by atoms with Gasteiger partial charge in [-0.05, 0) is 43.3 Å². The van der Waals surface area contributed by atoms with Crippen LogP contribution in [0.1, 0.15) is 17.3 Å². The van der Waals surface area contributed by atoms with E-state index in [0.29, 0.717) is 0 Å². The number of nitrogens with zero attached hydrogens (tertiary/aromatic N) is 1. The van der Waals surface area contributed by atoms with Crippen LogP contribution in [0.2, 0.25) is 0 Å². The van der Waals surface area contributed by atoms with E-state index in [1.165, 1.54) is 36.7 Å². The number of aliphatic hydroxyl groups is 1. The molecule has 0 bridgehead atoms. The zero-order valence-electron chi connectivity index (χ0n) is 15.7. The summed E-state index contributed by atoms with van der Waals surface area (Å²) in [6.45, 7) is 0.699. The lowest BCUT2D eigenvalue weighted by Gasteiger charge is -2.31. The van der Waals surface area contributed by atoms with E-state index in [0.717, 1.165) is 17.0 Å². The van der Waals surface area contributed by atoms with Gasteiger partial charge in [0.05, 0.1) is 6.10 Å². The van der Waals surface area contributed by atoms with Crippen LogP contribution in [0.4, 0.5) is 13.2 Å². The van der Waals surface area contributed by atoms with Crippen molar-refractivity contribution in [2.24, 2.45) is 0 Å². The molecule has 11 heteroatoms. The van der Waals surface area contributed by atoms with Gasteiger partial charge in [0.25, 0.3) is 11.8 Å². The van der Waals surface area contributed by atoms with E-state index in [-0.39, 0.29) is 11.3 Å². The molecule has 0 saturated carbocycles. The van der Waals surface area contributed by atoms with Gasteiger partial charge in [0.1, 0.15) is 17.5 Å². The van der Waals surface area contributed by atoms with Crippen LogP contribution < -0.4 is 15.0 Å². The van der Waals surface area contributed by atoms with E-state index >= 15 is 0 Å². The number of amides is 2. The average molecular weight is 428 g/mol. The molecule has 2 aromatic rings. The maximum atomic E-state index is 12.9. The van der Waals surface area contributed by atoms with E-state index in [1.54, 1.807) is 18.2 Å². The fourth-order valence-corrected chi connectivity index (χ4v) is 2.58. The summed E-state index contributed by atoms with van der Waals surface area (Å²) in [6.07, 6.45) is -6.22. The van der Waals surface area contributed by atoms with Crippen LogP contribution in [0.3, 0.4) is 0 Å². The van der Waals surface area contributed by atoms with Crippen molar-refractivity contribution >= 4 is 11.8 Å². The second-order valence-corrected chi connectivity index (χ2v) is 6.10. The molecule has 2 atom stereocenters. The summed E-state index contributed by atoms with van der Waals surface area (Å²) in [5.41, 5.74) is 1.58. The normalized spacial score (nSPS) is 13.1. The number of nitrogens with one attached hydrogen (secondary N) is 1. The van der Waals surface area contributed by atoms with Crippen molar-refractivity contribution in [2.75, 3.05) is 6.73 Å². The van der Waals surface area contributed by atoms with Crippen molar-refractivity contribution < 1.29 is 42.5 Å². The molecule has 0 unspecified atom stereocenters. The summed E-state index contributed by atoms with van der Waals surface area (Å²) < 4.78 is 45.9. The first-order valence-electron chi connectivity index (χ1n) is 8.59. The van der Waals surface area contributed by atoms with Gasteiger partial charge >= 0.3 is 6.36 Å². The molecule has 162 valence electrons. The van der Waals surface area contributed by atoms with Crippen LogP contribution in [0.5, 0.6) is 11.5 Å². The van der Waals surface area contributed by atoms with Gasteiger partial charge in [0.2, 0.25) is 0 Å². The molecule has 2 amide bonds. The Labute approximate surface area is 169 Å². The Kier molecular flexibility index (Phi) is 7.61. The average Bonchev–Trinajstić information content (AvgIpc) is 2.70. The molecule has 0 aromatic heterocycles. The molecule has 0 aliphatic heterocycles. The van der Waals surface area contributed by atoms with Crippen molar-refractivity contribution in [3.05, 3.63) is 60.2 Å². The van der Waals surface area contributed by atoms with E-state index < -0.39 is 42.8 Å². The van der Waals surface area contributed by atoms with Gasteiger partial charge in [-0.2, -0.15) is 0 Å². The Bertz CT molecular complexity index is 844. The van der Waals surface area contributed by atoms with Gasteiger partial charge < -0.3 is 14.6 Å². The van der Waals surface area contributed by atoms with Crippen LogP contribution in [-0.4, -0.2) is 52.3 Å². The number of hydroxylamine groups is 1. The molecule has 0 heterocycles. The van der Waals surface area contributed by atoms with Crippen molar-refractivity contribution in [1.82, 2.24) is 10.4 Å². The van der Waals surface area contributed by atoms with Gasteiger partial charge in [-0.1, -0.05) is 18.2 Å². The number of rotatable bonds is 8. The van der Waals surface area contributed by atoms with E-state index in [1.807, 2.05) is 0 Å². The number of benzene rings is 2. The Morgan fingerprint density at radius 3 is 2.13 bits per heavy atom. The van der Waals surface area contributed by atoms with Crippen molar-refractivity contribution in [3.63, 3.8) is 0 Å². The van der Waals surface area contributed by atoms with Gasteiger partial charge in [0, 0.05) is 5.56 Å². The highest BCUT2D eigenvalue weighted by Crippen LogP contribution is 2.25. The molecule has 2 aromatic carbocycles. The zero-order chi connectivity index (χ0) is 22.3. The summed E-state index contributed by atoms with van der Waals surface area (Å²) in [6, 6.07) is 10.7. The summed E-state index contributed by atoms with van der Waals surface area (Å²) >= 11 is 0. The summed E-state index contributed by atoms with van der Waals surface area (Å²) in [7, 11) is 0. The largest absolute Gasteiger partial charge is 0.573 e. The minimum atomic E-state index is -4.84. The van der Waals surface area contributed by atoms with E-state index in [4.69, 9.17) is 9.94 Å². The minimum absolute atomic E-state index is 0.0733. The van der Waals surface area contributed by atoms with Crippen LogP contribution in [0.25, 0.3) is 0 Å². The van der Waals surface area contributed by atoms with Gasteiger partial charge in [-0.3, -0.25) is 19.7 Å². The Hall–Kier alpha value is -3.31. The molecule has 0 radical (unpaired) electrons. The van der Waals surface area contributed by atoms with E-state index in [9.17, 15) is 27.9 Å². The highest BCUT2D eigenvalue weighted by molar-refractivity contribution is 5.97. The zero-order valence-corrected chi connectivity index (χ0v) is 15.7. The van der Waals surface area contributed by atoms with Crippen LogP contribution >= 0.6 is 0 Å². The highest BCUT2D eigenvalue weighted by atomic mass is 19.4. The Morgan fingerprint density at radius 1 is 1.07 bits per heavy atom. The van der Waals surface area contributed by atoms with Crippen molar-refractivity contribution in [3.8, 4) is 11.5 Å². The summed E-state index contributed by atoms with van der Waals surface area (Å²) in [4.78, 5) is 25.8. The standard InChI is InChI=1S/C19H19F3N2O6/c1-12(25)16(17(26)23-28)24(18(27)13-5-3-2-4-6-13)11-29-14-7-9-15(10-8-14)30-19(20,21)22/h2-10,12,16,25,28H,11H2,1H3,(H,23,26)/t12-,16+/m1/s1. The Morgan fingerprint density at radius 2 is 1.63 bits per heavy atom. The topological polar surface area (TPSA) is 108 Å². The lowest BCUT2D eigenvalue weighted by Crippen LogP contribution is -2.55. The molecule has 0 fully saturated rings. The first-order chi connectivity index (χ1) is 14.1. The molecule has 2 rings (SSSR count). The molecular weight excluding hydrogens is 409 g/mol. The summed E-state index contributed by atoms with van der Waals surface area (Å²) in [5, 5.41) is 18.9. The third kappa shape index (κ3) is 6.36. The van der Waals surface area contributed by atoms with Gasteiger partial charge in [-0.25, -0.2) is 5.48 Å². The predicted octanol–water partition coefficient (Wildman–Crippen LogP) is 2.32. The van der Waals surface area contributed by atoms with Crippen molar-refractivity contribution in [2.45, 2.75) is 25.4 Å². The molecule has 3 N–H and O–H groups in total. The molecule has 8 nitrogen and oxygen atoms in total. The number of halogens is 3. The van der Waals surface area contributed by atoms with Gasteiger partial charge in [-0.15, -0.1) is 13.2 Å². The van der Waals surface area contributed by atoms with Crippen LogP contribution in [0.15, 0.2) is 54.6 Å². The number of carbonyl (C=O) groups is 2. The third-order valence-corrected chi connectivity index (χ3v) is 3.88. The lowest BCUT2D eigenvalue weighted by molar-refractivity contribution is -0.274. The Balaban J connectivity index is 2.22.